The van der Waals surface area contributed by atoms with Gasteiger partial charge in [-0.2, -0.15) is 0 Å². The van der Waals surface area contributed by atoms with Crippen molar-refractivity contribution in [1.29, 1.82) is 0 Å². The Morgan fingerprint density at radius 2 is 1.86 bits per heavy atom. The standard InChI is InChI=1S/C21H36N4O3/c1-5-10-23-12-8-21(9-13-23)18(27)25(19(28)22-21)16-7-6-11-24(15-16)17(26)14-20(2,3)4/h16H,5-15H2,1-4H3,(H,22,28). The lowest BCUT2D eigenvalue weighted by molar-refractivity contribution is -0.140. The summed E-state index contributed by atoms with van der Waals surface area (Å²) in [5.74, 6) is 0.0376. The Morgan fingerprint density at radius 3 is 2.46 bits per heavy atom. The molecule has 3 fully saturated rings. The average Bonchev–Trinajstić information content (AvgIpc) is 2.86. The maximum absolute atomic E-state index is 13.3. The normalized spacial score (nSPS) is 26.1. The summed E-state index contributed by atoms with van der Waals surface area (Å²) in [6.07, 6.45) is 4.53. The number of piperidine rings is 2. The maximum atomic E-state index is 13.3. The summed E-state index contributed by atoms with van der Waals surface area (Å²) in [4.78, 5) is 44.3. The summed E-state index contributed by atoms with van der Waals surface area (Å²) in [5, 5.41) is 3.02. The second-order valence-corrected chi connectivity index (χ2v) is 9.90. The molecule has 3 aliphatic heterocycles. The first-order valence-electron chi connectivity index (χ1n) is 10.8. The van der Waals surface area contributed by atoms with E-state index in [0.717, 1.165) is 38.9 Å². The zero-order chi connectivity index (χ0) is 20.5. The number of hydrogen-bond donors (Lipinski definition) is 1. The fourth-order valence-corrected chi connectivity index (χ4v) is 4.74. The predicted octanol–water partition coefficient (Wildman–Crippen LogP) is 2.21. The lowest BCUT2D eigenvalue weighted by Crippen LogP contribution is -2.56. The molecule has 0 aromatic heterocycles. The highest BCUT2D eigenvalue weighted by molar-refractivity contribution is 6.07. The van der Waals surface area contributed by atoms with Gasteiger partial charge in [-0.25, -0.2) is 4.79 Å². The van der Waals surface area contributed by atoms with Crippen molar-refractivity contribution >= 4 is 17.8 Å². The van der Waals surface area contributed by atoms with Crippen molar-refractivity contribution in [3.8, 4) is 0 Å². The third-order valence-electron chi connectivity index (χ3n) is 6.24. The van der Waals surface area contributed by atoms with Crippen molar-refractivity contribution < 1.29 is 14.4 Å². The number of urea groups is 1. The Morgan fingerprint density at radius 1 is 1.18 bits per heavy atom. The smallest absolute Gasteiger partial charge is 0.325 e. The molecule has 3 rings (SSSR count). The van der Waals surface area contributed by atoms with Gasteiger partial charge in [0.05, 0.1) is 6.04 Å². The third kappa shape index (κ3) is 4.34. The van der Waals surface area contributed by atoms with Gasteiger partial charge in [0.15, 0.2) is 0 Å². The highest BCUT2D eigenvalue weighted by Gasteiger charge is 2.54. The molecule has 0 saturated carbocycles. The van der Waals surface area contributed by atoms with Crippen molar-refractivity contribution in [3.63, 3.8) is 0 Å². The maximum Gasteiger partial charge on any atom is 0.325 e. The van der Waals surface area contributed by atoms with Crippen LogP contribution in [0.15, 0.2) is 0 Å². The van der Waals surface area contributed by atoms with Crippen molar-refractivity contribution in [2.45, 2.75) is 77.8 Å². The third-order valence-corrected chi connectivity index (χ3v) is 6.24. The molecule has 0 bridgehead atoms. The Balaban J connectivity index is 1.66. The molecule has 3 heterocycles. The number of amides is 4. The summed E-state index contributed by atoms with van der Waals surface area (Å²) in [6.45, 7) is 12.2. The number of nitrogens with zero attached hydrogens (tertiary/aromatic N) is 3. The lowest BCUT2D eigenvalue weighted by Gasteiger charge is -2.39. The zero-order valence-electron chi connectivity index (χ0n) is 17.9. The molecule has 7 nitrogen and oxygen atoms in total. The molecule has 1 spiro atoms. The first-order chi connectivity index (χ1) is 13.1. The van der Waals surface area contributed by atoms with E-state index in [1.165, 1.54) is 4.90 Å². The summed E-state index contributed by atoms with van der Waals surface area (Å²) >= 11 is 0. The molecule has 28 heavy (non-hydrogen) atoms. The van der Waals surface area contributed by atoms with E-state index in [4.69, 9.17) is 0 Å². The molecule has 1 atom stereocenters. The van der Waals surface area contributed by atoms with Gasteiger partial charge in [0.1, 0.15) is 5.54 Å². The lowest BCUT2D eigenvalue weighted by atomic mass is 9.87. The number of hydrogen-bond acceptors (Lipinski definition) is 4. The molecule has 158 valence electrons. The fourth-order valence-electron chi connectivity index (χ4n) is 4.74. The molecular weight excluding hydrogens is 356 g/mol. The van der Waals surface area contributed by atoms with Crippen LogP contribution in [0.4, 0.5) is 4.79 Å². The van der Waals surface area contributed by atoms with Crippen molar-refractivity contribution in [2.75, 3.05) is 32.7 Å². The predicted molar refractivity (Wildman–Crippen MR) is 108 cm³/mol. The minimum atomic E-state index is -0.737. The molecule has 3 saturated heterocycles. The molecule has 1 unspecified atom stereocenters. The van der Waals surface area contributed by atoms with E-state index in [-0.39, 0.29) is 29.3 Å². The topological polar surface area (TPSA) is 73.0 Å². The van der Waals surface area contributed by atoms with Crippen molar-refractivity contribution in [2.24, 2.45) is 5.41 Å². The van der Waals surface area contributed by atoms with Crippen LogP contribution < -0.4 is 5.32 Å². The van der Waals surface area contributed by atoms with Gasteiger partial charge in [0.25, 0.3) is 5.91 Å². The second-order valence-electron chi connectivity index (χ2n) is 9.90. The number of likely N-dealkylation sites (tertiary alicyclic amines) is 2. The molecule has 1 N–H and O–H groups in total. The van der Waals surface area contributed by atoms with E-state index in [9.17, 15) is 14.4 Å². The van der Waals surface area contributed by atoms with Crippen molar-refractivity contribution in [1.82, 2.24) is 20.0 Å². The van der Waals surface area contributed by atoms with Gasteiger partial charge in [0.2, 0.25) is 5.91 Å². The summed E-state index contributed by atoms with van der Waals surface area (Å²) in [5.41, 5.74) is -0.805. The first-order valence-corrected chi connectivity index (χ1v) is 10.8. The quantitative estimate of drug-likeness (QED) is 0.745. The van der Waals surface area contributed by atoms with Gasteiger partial charge in [-0.1, -0.05) is 27.7 Å². The van der Waals surface area contributed by atoms with Crippen LogP contribution in [-0.2, 0) is 9.59 Å². The molecular formula is C21H36N4O3. The largest absolute Gasteiger partial charge is 0.341 e. The van der Waals surface area contributed by atoms with E-state index >= 15 is 0 Å². The van der Waals surface area contributed by atoms with E-state index in [2.05, 4.69) is 37.9 Å². The molecule has 0 radical (unpaired) electrons. The van der Waals surface area contributed by atoms with Crippen LogP contribution in [0.3, 0.4) is 0 Å². The summed E-state index contributed by atoms with van der Waals surface area (Å²) in [6, 6.07) is -0.484. The highest BCUT2D eigenvalue weighted by atomic mass is 16.2. The van der Waals surface area contributed by atoms with Crippen LogP contribution in [-0.4, -0.2) is 76.8 Å². The monoisotopic (exact) mass is 392 g/mol. The van der Waals surface area contributed by atoms with E-state index in [1.54, 1.807) is 0 Å². The number of carbonyl (C=O) groups is 3. The molecule has 0 aromatic carbocycles. The van der Waals surface area contributed by atoms with E-state index in [0.29, 0.717) is 32.4 Å². The van der Waals surface area contributed by atoms with Crippen LogP contribution in [0.5, 0.6) is 0 Å². The van der Waals surface area contributed by atoms with Crippen LogP contribution in [0, 0.1) is 5.41 Å². The van der Waals surface area contributed by atoms with Crippen LogP contribution in [0.25, 0.3) is 0 Å². The number of carbonyl (C=O) groups excluding carboxylic acids is 3. The molecule has 3 aliphatic rings. The Bertz CT molecular complexity index is 620. The minimum absolute atomic E-state index is 0.0681. The van der Waals surface area contributed by atoms with Crippen LogP contribution in [0.1, 0.15) is 66.2 Å². The van der Waals surface area contributed by atoms with Gasteiger partial charge in [-0.05, 0) is 44.1 Å². The zero-order valence-corrected chi connectivity index (χ0v) is 17.9. The SMILES string of the molecule is CCCN1CCC2(CC1)NC(=O)N(C1CCCN(C(=O)CC(C)(C)C)C1)C2=O. The van der Waals surface area contributed by atoms with E-state index < -0.39 is 5.54 Å². The van der Waals surface area contributed by atoms with Gasteiger partial charge in [-0.15, -0.1) is 0 Å². The van der Waals surface area contributed by atoms with Crippen LogP contribution in [0.2, 0.25) is 0 Å². The molecule has 4 amide bonds. The first kappa shape index (κ1) is 21.1. The van der Waals surface area contributed by atoms with Crippen LogP contribution >= 0.6 is 0 Å². The minimum Gasteiger partial charge on any atom is -0.341 e. The Hall–Kier alpha value is -1.63. The fraction of sp³-hybridized carbons (Fsp3) is 0.857. The molecule has 0 aromatic rings. The number of nitrogens with one attached hydrogen (secondary N) is 1. The average molecular weight is 393 g/mol. The van der Waals surface area contributed by atoms with Gasteiger partial charge in [0, 0.05) is 32.6 Å². The number of imide groups is 1. The second kappa shape index (κ2) is 8.01. The highest BCUT2D eigenvalue weighted by Crippen LogP contribution is 2.32. The van der Waals surface area contributed by atoms with Gasteiger partial charge in [-0.3, -0.25) is 14.5 Å². The van der Waals surface area contributed by atoms with E-state index in [1.807, 2.05) is 4.90 Å². The molecule has 7 heteroatoms. The number of rotatable bonds is 4. The molecule has 0 aliphatic carbocycles. The van der Waals surface area contributed by atoms with Crippen molar-refractivity contribution in [3.05, 3.63) is 0 Å². The Kier molecular flexibility index (Phi) is 6.03. The van der Waals surface area contributed by atoms with Gasteiger partial charge >= 0.3 is 6.03 Å². The summed E-state index contributed by atoms with van der Waals surface area (Å²) in [7, 11) is 0. The Labute approximate surface area is 168 Å². The van der Waals surface area contributed by atoms with Gasteiger partial charge < -0.3 is 15.1 Å². The summed E-state index contributed by atoms with van der Waals surface area (Å²) < 4.78 is 0.